The van der Waals surface area contributed by atoms with E-state index in [0.717, 1.165) is 0 Å². The Morgan fingerprint density at radius 1 is 1.39 bits per heavy atom. The maximum atomic E-state index is 11.3. The molecule has 18 heavy (non-hydrogen) atoms. The molecular formula is C12H13NO5. The Morgan fingerprint density at radius 2 is 2.11 bits per heavy atom. The number of benzene rings is 1. The van der Waals surface area contributed by atoms with Gasteiger partial charge < -0.3 is 19.8 Å². The third-order valence-corrected chi connectivity index (χ3v) is 3.06. The van der Waals surface area contributed by atoms with Gasteiger partial charge in [0.25, 0.3) is 0 Å². The van der Waals surface area contributed by atoms with Gasteiger partial charge in [-0.1, -0.05) is 5.16 Å². The van der Waals surface area contributed by atoms with E-state index in [-0.39, 0.29) is 6.42 Å². The molecule has 0 heterocycles. The number of fused-ring (bicyclic) bond motifs is 1. The van der Waals surface area contributed by atoms with E-state index < -0.39 is 11.9 Å². The van der Waals surface area contributed by atoms with Gasteiger partial charge in [-0.2, -0.15) is 0 Å². The molecule has 0 spiro atoms. The fourth-order valence-electron chi connectivity index (χ4n) is 2.26. The minimum atomic E-state index is -0.985. The van der Waals surface area contributed by atoms with E-state index in [2.05, 4.69) is 5.16 Å². The number of carboxylic acid groups (broad SMARTS) is 1. The van der Waals surface area contributed by atoms with Crippen LogP contribution in [0.4, 0.5) is 0 Å². The van der Waals surface area contributed by atoms with E-state index in [4.69, 9.17) is 14.7 Å². The van der Waals surface area contributed by atoms with Crippen LogP contribution in [0.2, 0.25) is 0 Å². The van der Waals surface area contributed by atoms with Gasteiger partial charge in [-0.05, 0) is 12.1 Å². The third-order valence-electron chi connectivity index (χ3n) is 3.06. The first-order valence-electron chi connectivity index (χ1n) is 5.33. The van der Waals surface area contributed by atoms with Crippen molar-refractivity contribution in [2.24, 2.45) is 5.16 Å². The molecule has 6 heteroatoms. The number of aliphatic carboxylic acids is 1. The summed E-state index contributed by atoms with van der Waals surface area (Å²) in [6.45, 7) is 0. The van der Waals surface area contributed by atoms with Crippen molar-refractivity contribution in [1.29, 1.82) is 0 Å². The van der Waals surface area contributed by atoms with Crippen LogP contribution >= 0.6 is 0 Å². The Morgan fingerprint density at radius 3 is 2.61 bits per heavy atom. The van der Waals surface area contributed by atoms with Gasteiger partial charge in [-0.25, -0.2) is 0 Å². The zero-order valence-corrected chi connectivity index (χ0v) is 10.0. The number of carboxylic acids is 1. The number of ether oxygens (including phenoxy) is 2. The highest BCUT2D eigenvalue weighted by molar-refractivity contribution is 6.09. The van der Waals surface area contributed by atoms with Crippen LogP contribution in [-0.2, 0) is 4.79 Å². The first-order valence-corrected chi connectivity index (χ1v) is 5.33. The average Bonchev–Trinajstić information content (AvgIpc) is 2.76. The number of rotatable bonds is 3. The summed E-state index contributed by atoms with van der Waals surface area (Å²) in [7, 11) is 2.93. The number of nitrogens with zero attached hydrogens (tertiary/aromatic N) is 1. The van der Waals surface area contributed by atoms with E-state index in [1.54, 1.807) is 12.1 Å². The number of hydrogen-bond acceptors (Lipinski definition) is 5. The molecule has 0 radical (unpaired) electrons. The topological polar surface area (TPSA) is 88.4 Å². The van der Waals surface area contributed by atoms with Crippen LogP contribution in [0.5, 0.6) is 11.5 Å². The molecule has 0 aromatic heterocycles. The second-order valence-corrected chi connectivity index (χ2v) is 3.90. The Balaban J connectivity index is 2.69. The molecular weight excluding hydrogens is 238 g/mol. The van der Waals surface area contributed by atoms with Crippen LogP contribution in [0, 0.1) is 0 Å². The van der Waals surface area contributed by atoms with Gasteiger partial charge in [0.1, 0.15) is 0 Å². The predicted molar refractivity (Wildman–Crippen MR) is 62.9 cm³/mol. The second kappa shape index (κ2) is 4.56. The second-order valence-electron chi connectivity index (χ2n) is 3.90. The van der Waals surface area contributed by atoms with Gasteiger partial charge in [-0.15, -0.1) is 0 Å². The summed E-state index contributed by atoms with van der Waals surface area (Å²) in [5.41, 5.74) is 1.43. The molecule has 0 fully saturated rings. The van der Waals surface area contributed by atoms with Crippen LogP contribution in [-0.4, -0.2) is 36.2 Å². The minimum absolute atomic E-state index is 0.144. The fraction of sp³-hybridized carbons (Fsp3) is 0.333. The Kier molecular flexibility index (Phi) is 3.10. The van der Waals surface area contributed by atoms with Crippen molar-refractivity contribution in [3.8, 4) is 11.5 Å². The molecule has 1 aromatic carbocycles. The fourth-order valence-corrected chi connectivity index (χ4v) is 2.26. The van der Waals surface area contributed by atoms with Crippen molar-refractivity contribution in [2.45, 2.75) is 12.3 Å². The maximum Gasteiger partial charge on any atom is 0.311 e. The highest BCUT2D eigenvalue weighted by atomic mass is 16.5. The first-order chi connectivity index (χ1) is 8.63. The molecule has 1 aliphatic rings. The molecule has 0 saturated heterocycles. The Hall–Kier alpha value is -2.24. The quantitative estimate of drug-likeness (QED) is 0.627. The van der Waals surface area contributed by atoms with Crippen LogP contribution in [0.1, 0.15) is 23.5 Å². The highest BCUT2D eigenvalue weighted by Gasteiger charge is 2.37. The van der Waals surface area contributed by atoms with Gasteiger partial charge in [-0.3, -0.25) is 4.79 Å². The zero-order valence-electron chi connectivity index (χ0n) is 10.0. The lowest BCUT2D eigenvalue weighted by Crippen LogP contribution is -2.10. The number of carbonyl (C=O) groups is 1. The molecule has 6 nitrogen and oxygen atoms in total. The smallest absolute Gasteiger partial charge is 0.311 e. The normalized spacial score (nSPS) is 19.7. The van der Waals surface area contributed by atoms with E-state index in [1.807, 2.05) is 0 Å². The van der Waals surface area contributed by atoms with Crippen molar-refractivity contribution in [1.82, 2.24) is 0 Å². The standard InChI is InChI=1S/C12H13NO5/c1-17-9-4-3-6-8(13-16)5-7(12(14)15)10(6)11(9)18-2/h3-4,7,16H,5H2,1-2H3,(H,14,15)/b13-8-. The van der Waals surface area contributed by atoms with Crippen molar-refractivity contribution in [2.75, 3.05) is 14.2 Å². The average molecular weight is 251 g/mol. The van der Waals surface area contributed by atoms with Crippen LogP contribution < -0.4 is 9.47 Å². The van der Waals surface area contributed by atoms with Gasteiger partial charge in [0.2, 0.25) is 0 Å². The summed E-state index contributed by atoms with van der Waals surface area (Å²) >= 11 is 0. The van der Waals surface area contributed by atoms with Crippen molar-refractivity contribution in [3.05, 3.63) is 23.3 Å². The summed E-state index contributed by atoms with van der Waals surface area (Å²) in [5.74, 6) is -0.930. The van der Waals surface area contributed by atoms with Crippen molar-refractivity contribution >= 4 is 11.7 Å². The number of oxime groups is 1. The van der Waals surface area contributed by atoms with E-state index in [9.17, 15) is 9.90 Å². The molecule has 1 unspecified atom stereocenters. The van der Waals surface area contributed by atoms with Gasteiger partial charge in [0.05, 0.1) is 25.8 Å². The Bertz CT molecular complexity index is 523. The molecule has 2 rings (SSSR count). The highest BCUT2D eigenvalue weighted by Crippen LogP contribution is 2.44. The number of hydrogen-bond donors (Lipinski definition) is 2. The lowest BCUT2D eigenvalue weighted by Gasteiger charge is -2.14. The molecule has 0 amide bonds. The Labute approximate surface area is 103 Å². The predicted octanol–water partition coefficient (Wildman–Crippen LogP) is 1.45. The lowest BCUT2D eigenvalue weighted by atomic mass is 10.00. The molecule has 1 aromatic rings. The maximum absolute atomic E-state index is 11.3. The molecule has 0 aliphatic heterocycles. The molecule has 2 N–H and O–H groups in total. The minimum Gasteiger partial charge on any atom is -0.493 e. The van der Waals surface area contributed by atoms with Crippen molar-refractivity contribution < 1.29 is 24.6 Å². The SMILES string of the molecule is COc1ccc2c(c1OC)C(C(=O)O)C/C2=N/O. The summed E-state index contributed by atoms with van der Waals surface area (Å²) < 4.78 is 10.4. The summed E-state index contributed by atoms with van der Waals surface area (Å²) in [5, 5.41) is 21.3. The molecule has 1 atom stereocenters. The zero-order chi connectivity index (χ0) is 13.3. The lowest BCUT2D eigenvalue weighted by molar-refractivity contribution is -0.138. The molecule has 96 valence electrons. The third kappa shape index (κ3) is 1.66. The molecule has 0 saturated carbocycles. The first kappa shape index (κ1) is 12.2. The summed E-state index contributed by atoms with van der Waals surface area (Å²) in [6, 6.07) is 3.34. The van der Waals surface area contributed by atoms with Crippen molar-refractivity contribution in [3.63, 3.8) is 0 Å². The van der Waals surface area contributed by atoms with E-state index >= 15 is 0 Å². The number of methoxy groups -OCH3 is 2. The van der Waals surface area contributed by atoms with Gasteiger partial charge >= 0.3 is 5.97 Å². The van der Waals surface area contributed by atoms with E-state index in [0.29, 0.717) is 28.3 Å². The summed E-state index contributed by atoms with van der Waals surface area (Å²) in [6.07, 6.45) is 0.144. The molecule has 1 aliphatic carbocycles. The van der Waals surface area contributed by atoms with Crippen LogP contribution in [0.15, 0.2) is 17.3 Å². The van der Waals surface area contributed by atoms with Crippen LogP contribution in [0.3, 0.4) is 0 Å². The molecule has 0 bridgehead atoms. The van der Waals surface area contributed by atoms with Gasteiger partial charge in [0.15, 0.2) is 11.5 Å². The largest absolute Gasteiger partial charge is 0.493 e. The van der Waals surface area contributed by atoms with Gasteiger partial charge in [0, 0.05) is 17.5 Å². The monoisotopic (exact) mass is 251 g/mol. The summed E-state index contributed by atoms with van der Waals surface area (Å²) in [4.78, 5) is 11.3. The van der Waals surface area contributed by atoms with Crippen LogP contribution in [0.25, 0.3) is 0 Å². The van der Waals surface area contributed by atoms with E-state index in [1.165, 1.54) is 14.2 Å².